The minimum atomic E-state index is -0.104. The summed E-state index contributed by atoms with van der Waals surface area (Å²) in [5, 5.41) is 3.52. The van der Waals surface area contributed by atoms with Crippen LogP contribution in [0.3, 0.4) is 0 Å². The van der Waals surface area contributed by atoms with Crippen LogP contribution in [0, 0.1) is 0 Å². The van der Waals surface area contributed by atoms with Crippen molar-refractivity contribution in [3.05, 3.63) is 12.4 Å². The van der Waals surface area contributed by atoms with Crippen LogP contribution in [0.15, 0.2) is 17.6 Å². The maximum Gasteiger partial charge on any atom is 0.233 e. The number of thioether (sulfide) groups is 1. The molecule has 0 saturated heterocycles. The maximum absolute atomic E-state index is 11.5. The molecule has 0 aliphatic carbocycles. The van der Waals surface area contributed by atoms with E-state index in [1.54, 1.807) is 12.4 Å². The van der Waals surface area contributed by atoms with Crippen molar-refractivity contribution in [1.29, 1.82) is 0 Å². The molecule has 0 radical (unpaired) electrons. The number of hydrogen-bond donors (Lipinski definition) is 2. The van der Waals surface area contributed by atoms with E-state index < -0.39 is 0 Å². The van der Waals surface area contributed by atoms with Gasteiger partial charge in [0.2, 0.25) is 5.91 Å². The Morgan fingerprint density at radius 1 is 1.79 bits per heavy atom. The molecule has 0 aromatic carbocycles. The summed E-state index contributed by atoms with van der Waals surface area (Å²) in [7, 11) is 0. The summed E-state index contributed by atoms with van der Waals surface area (Å²) in [5.74, 6) is 0.0632. The van der Waals surface area contributed by atoms with E-state index in [2.05, 4.69) is 15.3 Å². The van der Waals surface area contributed by atoms with E-state index in [0.717, 1.165) is 18.1 Å². The fourth-order valence-corrected chi connectivity index (χ4v) is 1.71. The number of carbonyl (C=O) groups is 1. The minimum Gasteiger partial charge on any atom is -0.355 e. The molecule has 1 rings (SSSR count). The number of rotatable bonds is 5. The predicted molar refractivity (Wildman–Crippen MR) is 57.2 cm³/mol. The molecular weight excluding hydrogens is 198 g/mol. The number of imidazole rings is 1. The van der Waals surface area contributed by atoms with Crippen molar-refractivity contribution in [1.82, 2.24) is 15.3 Å². The van der Waals surface area contributed by atoms with E-state index in [1.807, 2.05) is 13.8 Å². The van der Waals surface area contributed by atoms with Crippen LogP contribution >= 0.6 is 11.8 Å². The summed E-state index contributed by atoms with van der Waals surface area (Å²) in [6.45, 7) is 4.64. The summed E-state index contributed by atoms with van der Waals surface area (Å²) < 4.78 is 0. The number of hydrogen-bond acceptors (Lipinski definition) is 3. The van der Waals surface area contributed by atoms with Crippen LogP contribution in [0.25, 0.3) is 0 Å². The summed E-state index contributed by atoms with van der Waals surface area (Å²) in [6.07, 6.45) is 4.39. The van der Waals surface area contributed by atoms with Crippen LogP contribution in [0.2, 0.25) is 0 Å². The quantitative estimate of drug-likeness (QED) is 0.727. The van der Waals surface area contributed by atoms with Crippen molar-refractivity contribution in [2.75, 3.05) is 6.54 Å². The lowest BCUT2D eigenvalue weighted by Crippen LogP contribution is -2.31. The molecule has 4 nitrogen and oxygen atoms in total. The second-order valence-corrected chi connectivity index (χ2v) is 4.27. The normalized spacial score (nSPS) is 12.4. The zero-order valence-electron chi connectivity index (χ0n) is 8.41. The topological polar surface area (TPSA) is 57.8 Å². The lowest BCUT2D eigenvalue weighted by atomic mass is 10.4. The Morgan fingerprint density at radius 3 is 3.14 bits per heavy atom. The van der Waals surface area contributed by atoms with Gasteiger partial charge in [-0.2, -0.15) is 0 Å². The van der Waals surface area contributed by atoms with Gasteiger partial charge in [0, 0.05) is 18.9 Å². The molecule has 0 bridgehead atoms. The molecule has 2 N–H and O–H groups in total. The van der Waals surface area contributed by atoms with Crippen molar-refractivity contribution in [3.8, 4) is 0 Å². The van der Waals surface area contributed by atoms with E-state index in [-0.39, 0.29) is 11.2 Å². The van der Waals surface area contributed by atoms with E-state index in [1.165, 1.54) is 11.8 Å². The zero-order chi connectivity index (χ0) is 10.4. The first-order valence-corrected chi connectivity index (χ1v) is 5.55. The maximum atomic E-state index is 11.5. The molecule has 1 aromatic heterocycles. The lowest BCUT2D eigenvalue weighted by Gasteiger charge is -2.09. The molecule has 0 unspecified atom stereocenters. The van der Waals surface area contributed by atoms with Crippen LogP contribution in [0.5, 0.6) is 0 Å². The molecule has 78 valence electrons. The molecule has 0 fully saturated rings. The second kappa shape index (κ2) is 5.70. The Balaban J connectivity index is 2.34. The van der Waals surface area contributed by atoms with Gasteiger partial charge in [-0.1, -0.05) is 18.7 Å². The largest absolute Gasteiger partial charge is 0.355 e. The van der Waals surface area contributed by atoms with Crippen molar-refractivity contribution >= 4 is 17.7 Å². The van der Waals surface area contributed by atoms with Gasteiger partial charge in [0.05, 0.1) is 5.25 Å². The summed E-state index contributed by atoms with van der Waals surface area (Å²) >= 11 is 1.43. The molecule has 0 aliphatic heterocycles. The minimum absolute atomic E-state index is 0.0632. The van der Waals surface area contributed by atoms with Gasteiger partial charge in [0.25, 0.3) is 0 Å². The highest BCUT2D eigenvalue weighted by Crippen LogP contribution is 2.18. The third kappa shape index (κ3) is 3.41. The van der Waals surface area contributed by atoms with Crippen molar-refractivity contribution < 1.29 is 4.79 Å². The fraction of sp³-hybridized carbons (Fsp3) is 0.556. The third-order valence-electron chi connectivity index (χ3n) is 1.68. The Bertz CT molecular complexity index is 274. The molecule has 5 heteroatoms. The van der Waals surface area contributed by atoms with Gasteiger partial charge in [-0.3, -0.25) is 4.79 Å². The Morgan fingerprint density at radius 2 is 2.57 bits per heavy atom. The number of nitrogens with one attached hydrogen (secondary N) is 2. The average Bonchev–Trinajstić information content (AvgIpc) is 2.66. The van der Waals surface area contributed by atoms with Crippen LogP contribution in [-0.4, -0.2) is 27.7 Å². The Kier molecular flexibility index (Phi) is 4.52. The molecule has 1 atom stereocenters. The molecule has 1 heterocycles. The first-order chi connectivity index (χ1) is 6.74. The van der Waals surface area contributed by atoms with Crippen LogP contribution in [-0.2, 0) is 4.79 Å². The number of carbonyl (C=O) groups excluding carboxylic acids is 1. The van der Waals surface area contributed by atoms with Gasteiger partial charge in [0.1, 0.15) is 0 Å². The van der Waals surface area contributed by atoms with E-state index in [9.17, 15) is 4.79 Å². The Hall–Kier alpha value is -0.970. The van der Waals surface area contributed by atoms with E-state index >= 15 is 0 Å². The van der Waals surface area contributed by atoms with Crippen molar-refractivity contribution in [2.45, 2.75) is 30.7 Å². The summed E-state index contributed by atoms with van der Waals surface area (Å²) in [6, 6.07) is 0. The first-order valence-electron chi connectivity index (χ1n) is 4.67. The monoisotopic (exact) mass is 213 g/mol. The molecule has 1 aromatic rings. The first kappa shape index (κ1) is 11.1. The van der Waals surface area contributed by atoms with Gasteiger partial charge < -0.3 is 10.3 Å². The van der Waals surface area contributed by atoms with Gasteiger partial charge in [-0.25, -0.2) is 4.98 Å². The van der Waals surface area contributed by atoms with Crippen LogP contribution in [0.4, 0.5) is 0 Å². The highest BCUT2D eigenvalue weighted by molar-refractivity contribution is 8.00. The molecule has 0 aliphatic rings. The highest BCUT2D eigenvalue weighted by atomic mass is 32.2. The number of H-pyrrole nitrogens is 1. The van der Waals surface area contributed by atoms with Gasteiger partial charge in [0.15, 0.2) is 5.16 Å². The van der Waals surface area contributed by atoms with E-state index in [0.29, 0.717) is 0 Å². The molecule has 14 heavy (non-hydrogen) atoms. The smallest absolute Gasteiger partial charge is 0.233 e. The van der Waals surface area contributed by atoms with Gasteiger partial charge in [-0.15, -0.1) is 0 Å². The number of nitrogens with zero attached hydrogens (tertiary/aromatic N) is 1. The van der Waals surface area contributed by atoms with E-state index in [4.69, 9.17) is 0 Å². The number of aromatic nitrogens is 2. The molecule has 1 amide bonds. The third-order valence-corrected chi connectivity index (χ3v) is 2.69. The zero-order valence-corrected chi connectivity index (χ0v) is 9.23. The summed E-state index contributed by atoms with van der Waals surface area (Å²) in [5.41, 5.74) is 0. The number of amides is 1. The molecule has 0 saturated carbocycles. The average molecular weight is 213 g/mol. The predicted octanol–water partition coefficient (Wildman–Crippen LogP) is 1.42. The summed E-state index contributed by atoms with van der Waals surface area (Å²) in [4.78, 5) is 18.5. The van der Waals surface area contributed by atoms with Gasteiger partial charge in [-0.05, 0) is 13.3 Å². The highest BCUT2D eigenvalue weighted by Gasteiger charge is 2.14. The Labute approximate surface area is 87.9 Å². The van der Waals surface area contributed by atoms with Gasteiger partial charge >= 0.3 is 0 Å². The second-order valence-electron chi connectivity index (χ2n) is 2.95. The lowest BCUT2D eigenvalue weighted by molar-refractivity contribution is -0.120. The number of aromatic amines is 1. The SMILES string of the molecule is CCCNC(=O)[C@H](C)Sc1ncc[nH]1. The van der Waals surface area contributed by atoms with Crippen LogP contribution < -0.4 is 5.32 Å². The fourth-order valence-electron chi connectivity index (χ4n) is 0.928. The van der Waals surface area contributed by atoms with Crippen molar-refractivity contribution in [3.63, 3.8) is 0 Å². The standard InChI is InChI=1S/C9H15N3OS/c1-3-4-10-8(13)7(2)14-9-11-5-6-12-9/h5-7H,3-4H2,1-2H3,(H,10,13)(H,11,12)/t7-/m0/s1. The molecular formula is C9H15N3OS. The molecule has 0 spiro atoms. The van der Waals surface area contributed by atoms with Crippen molar-refractivity contribution in [2.24, 2.45) is 0 Å². The van der Waals surface area contributed by atoms with Crippen LogP contribution in [0.1, 0.15) is 20.3 Å².